The van der Waals surface area contributed by atoms with Crippen molar-refractivity contribution in [1.29, 1.82) is 0 Å². The van der Waals surface area contributed by atoms with Crippen molar-refractivity contribution in [2.75, 3.05) is 18.6 Å². The number of aliphatic hydroxyl groups excluding tert-OH is 1. The number of nitrogens with two attached hydrogens (primary N) is 1. The molecule has 14 heteroatoms. The molecule has 9 N–H and O–H groups in total. The zero-order valence-corrected chi connectivity index (χ0v) is 19.8. The minimum Gasteiger partial charge on any atom is -0.508 e. The average Bonchev–Trinajstić information content (AvgIpc) is 2.80. The van der Waals surface area contributed by atoms with Crippen molar-refractivity contribution in [3.8, 4) is 5.75 Å². The highest BCUT2D eigenvalue weighted by Gasteiger charge is 2.31. The van der Waals surface area contributed by atoms with E-state index < -0.39 is 66.9 Å². The molecule has 4 atom stereocenters. The molecule has 0 aliphatic heterocycles. The molecule has 0 spiro atoms. The normalized spacial score (nSPS) is 14.1. The maximum atomic E-state index is 13.0. The van der Waals surface area contributed by atoms with E-state index in [-0.39, 0.29) is 12.2 Å². The molecule has 0 aliphatic carbocycles. The zero-order valence-electron chi connectivity index (χ0n) is 19.0. The van der Waals surface area contributed by atoms with Crippen LogP contribution in [0.4, 0.5) is 0 Å². The smallest absolute Gasteiger partial charge is 0.328 e. The Morgan fingerprint density at radius 1 is 0.914 bits per heavy atom. The number of phenolic OH excluding ortho intramolecular Hbond substituents is 1. The summed E-state index contributed by atoms with van der Waals surface area (Å²) in [5.41, 5.74) is 6.40. The van der Waals surface area contributed by atoms with Crippen molar-refractivity contribution >= 4 is 41.4 Å². The zero-order chi connectivity index (χ0) is 26.5. The Kier molecular flexibility index (Phi) is 12.6. The third-order valence-corrected chi connectivity index (χ3v) is 5.43. The fourth-order valence-electron chi connectivity index (χ4n) is 2.85. The molecular formula is C21H30N4O9S. The predicted octanol–water partition coefficient (Wildman–Crippen LogP) is -1.98. The first kappa shape index (κ1) is 29.7. The highest BCUT2D eigenvalue weighted by atomic mass is 32.2. The summed E-state index contributed by atoms with van der Waals surface area (Å²) >= 11 is 1.48. The number of carbonyl (C=O) groups is 5. The number of aromatic hydroxyl groups is 1. The predicted molar refractivity (Wildman–Crippen MR) is 126 cm³/mol. The van der Waals surface area contributed by atoms with Gasteiger partial charge in [-0.15, -0.1) is 0 Å². The van der Waals surface area contributed by atoms with Gasteiger partial charge in [0, 0.05) is 6.42 Å². The first-order valence-corrected chi connectivity index (χ1v) is 11.9. The van der Waals surface area contributed by atoms with E-state index in [2.05, 4.69) is 10.6 Å². The number of carboxylic acids is 2. The third-order valence-electron chi connectivity index (χ3n) is 4.79. The lowest BCUT2D eigenvalue weighted by molar-refractivity contribution is -0.144. The van der Waals surface area contributed by atoms with Crippen LogP contribution in [0, 0.1) is 0 Å². The van der Waals surface area contributed by atoms with Gasteiger partial charge in [0.15, 0.2) is 0 Å². The van der Waals surface area contributed by atoms with Crippen molar-refractivity contribution < 1.29 is 44.4 Å². The molecule has 1 aromatic carbocycles. The topological polar surface area (TPSA) is 228 Å². The van der Waals surface area contributed by atoms with Crippen LogP contribution in [-0.4, -0.2) is 92.9 Å². The minimum absolute atomic E-state index is 0.0204. The van der Waals surface area contributed by atoms with E-state index in [1.807, 2.05) is 11.6 Å². The molecule has 3 amide bonds. The highest BCUT2D eigenvalue weighted by molar-refractivity contribution is 7.98. The molecular weight excluding hydrogens is 484 g/mol. The van der Waals surface area contributed by atoms with E-state index in [9.17, 15) is 29.1 Å². The molecule has 0 heterocycles. The number of thioether (sulfide) groups is 1. The van der Waals surface area contributed by atoms with E-state index in [1.54, 1.807) is 0 Å². The number of rotatable bonds is 15. The lowest BCUT2D eigenvalue weighted by Crippen LogP contribution is -2.58. The Balaban J connectivity index is 3.10. The molecule has 0 aromatic heterocycles. The molecule has 1 aromatic rings. The standard InChI is InChI=1S/C21H30N4O9S/c1-35-7-6-13(22)18(30)23-14(8-11-2-4-12(27)5-3-11)19(31)24-15(9-17(28)29)20(32)25-16(10-26)21(33)34/h2-5,13-16,26-27H,6-10,22H2,1H3,(H,23,30)(H,24,31)(H,25,32)(H,28,29)(H,33,34). The number of carbonyl (C=O) groups excluding carboxylic acids is 3. The number of nitrogens with one attached hydrogen (secondary N) is 3. The number of carboxylic acid groups (broad SMARTS) is 2. The van der Waals surface area contributed by atoms with Gasteiger partial charge in [-0.25, -0.2) is 4.79 Å². The first-order valence-electron chi connectivity index (χ1n) is 10.5. The van der Waals surface area contributed by atoms with Crippen LogP contribution in [0.1, 0.15) is 18.4 Å². The Bertz CT molecular complexity index is 897. The molecule has 194 valence electrons. The van der Waals surface area contributed by atoms with E-state index in [4.69, 9.17) is 21.1 Å². The van der Waals surface area contributed by atoms with Gasteiger partial charge in [0.1, 0.15) is 23.9 Å². The van der Waals surface area contributed by atoms with Crippen LogP contribution in [0.25, 0.3) is 0 Å². The minimum atomic E-state index is -1.71. The molecule has 4 unspecified atom stereocenters. The van der Waals surface area contributed by atoms with Gasteiger partial charge in [0.2, 0.25) is 17.7 Å². The maximum Gasteiger partial charge on any atom is 0.328 e. The van der Waals surface area contributed by atoms with Gasteiger partial charge >= 0.3 is 11.9 Å². The van der Waals surface area contributed by atoms with E-state index in [1.165, 1.54) is 36.0 Å². The summed E-state index contributed by atoms with van der Waals surface area (Å²) in [6, 6.07) is 0.164. The number of hydrogen-bond acceptors (Lipinski definition) is 9. The van der Waals surface area contributed by atoms with Gasteiger partial charge < -0.3 is 42.1 Å². The molecule has 0 radical (unpaired) electrons. The van der Waals surface area contributed by atoms with Crippen LogP contribution in [0.15, 0.2) is 24.3 Å². The molecule has 35 heavy (non-hydrogen) atoms. The number of phenols is 1. The summed E-state index contributed by atoms with van der Waals surface area (Å²) in [6.45, 7) is -0.956. The van der Waals surface area contributed by atoms with Gasteiger partial charge in [0.25, 0.3) is 0 Å². The van der Waals surface area contributed by atoms with Crippen LogP contribution in [0.2, 0.25) is 0 Å². The summed E-state index contributed by atoms with van der Waals surface area (Å²) in [7, 11) is 0. The van der Waals surface area contributed by atoms with Crippen molar-refractivity contribution in [2.24, 2.45) is 5.73 Å². The third kappa shape index (κ3) is 10.6. The average molecular weight is 515 g/mol. The second-order valence-corrected chi connectivity index (χ2v) is 8.55. The number of hydrogen-bond donors (Lipinski definition) is 8. The number of benzene rings is 1. The second kappa shape index (κ2) is 14.8. The monoisotopic (exact) mass is 514 g/mol. The summed E-state index contributed by atoms with van der Waals surface area (Å²) in [5, 5.41) is 43.4. The van der Waals surface area contributed by atoms with E-state index >= 15 is 0 Å². The maximum absolute atomic E-state index is 13.0. The van der Waals surface area contributed by atoms with E-state index in [0.29, 0.717) is 17.7 Å². The van der Waals surface area contributed by atoms with Gasteiger partial charge in [0.05, 0.1) is 19.1 Å². The highest BCUT2D eigenvalue weighted by Crippen LogP contribution is 2.12. The molecule has 0 saturated heterocycles. The van der Waals surface area contributed by atoms with Crippen LogP contribution in [0.5, 0.6) is 5.75 Å². The quantitative estimate of drug-likeness (QED) is 0.128. The van der Waals surface area contributed by atoms with Gasteiger partial charge in [-0.2, -0.15) is 11.8 Å². The Hall–Kier alpha value is -3.36. The van der Waals surface area contributed by atoms with Crippen molar-refractivity contribution in [3.05, 3.63) is 29.8 Å². The summed E-state index contributed by atoms with van der Waals surface area (Å²) in [6.07, 6.45) is 1.21. The van der Waals surface area contributed by atoms with Crippen LogP contribution in [-0.2, 0) is 30.4 Å². The first-order chi connectivity index (χ1) is 16.5. The molecule has 1 rings (SSSR count). The SMILES string of the molecule is CSCCC(N)C(=O)NC(Cc1ccc(O)cc1)C(=O)NC(CC(=O)O)C(=O)NC(CO)C(=O)O. The molecule has 0 bridgehead atoms. The van der Waals surface area contributed by atoms with Gasteiger partial charge in [-0.3, -0.25) is 19.2 Å². The van der Waals surface area contributed by atoms with Crippen LogP contribution in [0.3, 0.4) is 0 Å². The van der Waals surface area contributed by atoms with Crippen molar-refractivity contribution in [1.82, 2.24) is 16.0 Å². The Morgan fingerprint density at radius 3 is 1.97 bits per heavy atom. The summed E-state index contributed by atoms with van der Waals surface area (Å²) in [4.78, 5) is 60.3. The molecule has 0 fully saturated rings. The summed E-state index contributed by atoms with van der Waals surface area (Å²) in [5.74, 6) is -5.14. The van der Waals surface area contributed by atoms with Gasteiger partial charge in [-0.1, -0.05) is 12.1 Å². The fourth-order valence-corrected chi connectivity index (χ4v) is 3.34. The number of amides is 3. The van der Waals surface area contributed by atoms with Gasteiger partial charge in [-0.05, 0) is 36.1 Å². The van der Waals surface area contributed by atoms with E-state index in [0.717, 1.165) is 0 Å². The number of aliphatic carboxylic acids is 2. The Labute approximate surface area is 205 Å². The second-order valence-electron chi connectivity index (χ2n) is 7.56. The summed E-state index contributed by atoms with van der Waals surface area (Å²) < 4.78 is 0. The number of aliphatic hydroxyl groups is 1. The van der Waals surface area contributed by atoms with Crippen LogP contribution >= 0.6 is 11.8 Å². The fraction of sp³-hybridized carbons (Fsp3) is 0.476. The lowest BCUT2D eigenvalue weighted by Gasteiger charge is -2.24. The molecule has 13 nitrogen and oxygen atoms in total. The Morgan fingerprint density at radius 2 is 1.46 bits per heavy atom. The molecule has 0 saturated carbocycles. The largest absolute Gasteiger partial charge is 0.508 e. The van der Waals surface area contributed by atoms with Crippen molar-refractivity contribution in [2.45, 2.75) is 43.4 Å². The molecule has 0 aliphatic rings. The lowest BCUT2D eigenvalue weighted by atomic mass is 10.0. The van der Waals surface area contributed by atoms with Crippen molar-refractivity contribution in [3.63, 3.8) is 0 Å². The van der Waals surface area contributed by atoms with Crippen LogP contribution < -0.4 is 21.7 Å².